The molecule has 0 atom stereocenters. The van der Waals surface area contributed by atoms with E-state index in [9.17, 15) is 14.4 Å². The van der Waals surface area contributed by atoms with Gasteiger partial charge in [0.15, 0.2) is 5.78 Å². The Morgan fingerprint density at radius 1 is 0.838 bits per heavy atom. The Labute approximate surface area is 220 Å². The lowest BCUT2D eigenvalue weighted by atomic mass is 9.97. The second kappa shape index (κ2) is 12.5. The number of hydrogen-bond donors (Lipinski definition) is 0. The van der Waals surface area contributed by atoms with Crippen molar-refractivity contribution in [3.8, 4) is 17.2 Å². The number of carbonyl (C=O) groups excluding carboxylic acids is 3. The Balaban J connectivity index is 2.33. The van der Waals surface area contributed by atoms with Crippen LogP contribution in [0.3, 0.4) is 0 Å². The number of rotatable bonds is 9. The standard InChI is InChI=1S/C31H38O6/c1-9-11-12-22-19-23(26(35-10-2)20-27(22)37-29(34)31(6,7)8)15-18-25(32)21-13-16-24(17-14-21)36-28(33)30(3,4)5/h9,11,13-20H,10,12H2,1-8H3. The number of ketones is 1. The summed E-state index contributed by atoms with van der Waals surface area (Å²) in [6.07, 6.45) is 7.60. The second-order valence-electron chi connectivity index (χ2n) is 10.7. The zero-order valence-corrected chi connectivity index (χ0v) is 23.1. The first kappa shape index (κ1) is 29.6. The monoisotopic (exact) mass is 506 g/mol. The molecular weight excluding hydrogens is 468 g/mol. The van der Waals surface area contributed by atoms with E-state index in [4.69, 9.17) is 14.2 Å². The van der Waals surface area contributed by atoms with Crippen LogP contribution < -0.4 is 14.2 Å². The molecule has 2 aromatic carbocycles. The summed E-state index contributed by atoms with van der Waals surface area (Å²) < 4.78 is 16.9. The van der Waals surface area contributed by atoms with Gasteiger partial charge in [0.25, 0.3) is 0 Å². The smallest absolute Gasteiger partial charge is 0.316 e. The molecule has 0 spiro atoms. The van der Waals surface area contributed by atoms with Crippen LogP contribution in [-0.2, 0) is 16.0 Å². The minimum atomic E-state index is -0.657. The van der Waals surface area contributed by atoms with Gasteiger partial charge < -0.3 is 14.2 Å². The van der Waals surface area contributed by atoms with Crippen LogP contribution >= 0.6 is 0 Å². The molecule has 0 saturated heterocycles. The van der Waals surface area contributed by atoms with E-state index in [0.717, 1.165) is 5.56 Å². The van der Waals surface area contributed by atoms with Crippen LogP contribution in [0.4, 0.5) is 0 Å². The van der Waals surface area contributed by atoms with Gasteiger partial charge in [0.2, 0.25) is 0 Å². The lowest BCUT2D eigenvalue weighted by molar-refractivity contribution is -0.143. The zero-order valence-electron chi connectivity index (χ0n) is 23.1. The molecule has 0 bridgehead atoms. The van der Waals surface area contributed by atoms with Crippen molar-refractivity contribution in [2.45, 2.75) is 61.8 Å². The normalized spacial score (nSPS) is 12.1. The summed E-state index contributed by atoms with van der Waals surface area (Å²) in [4.78, 5) is 37.5. The van der Waals surface area contributed by atoms with E-state index in [1.807, 2.05) is 32.1 Å². The average molecular weight is 507 g/mol. The van der Waals surface area contributed by atoms with Crippen LogP contribution in [0.5, 0.6) is 17.2 Å². The predicted molar refractivity (Wildman–Crippen MR) is 146 cm³/mol. The Morgan fingerprint density at radius 2 is 1.43 bits per heavy atom. The average Bonchev–Trinajstić information content (AvgIpc) is 2.82. The van der Waals surface area contributed by atoms with E-state index in [-0.39, 0.29) is 17.7 Å². The van der Waals surface area contributed by atoms with E-state index in [1.54, 1.807) is 78.0 Å². The fraction of sp³-hybridized carbons (Fsp3) is 0.387. The Morgan fingerprint density at radius 3 is 1.97 bits per heavy atom. The molecule has 0 saturated carbocycles. The van der Waals surface area contributed by atoms with Gasteiger partial charge in [-0.05, 0) is 110 Å². The minimum absolute atomic E-state index is 0.214. The molecule has 0 N–H and O–H groups in total. The maximum atomic E-state index is 12.8. The van der Waals surface area contributed by atoms with Crippen molar-refractivity contribution < 1.29 is 28.6 Å². The molecule has 0 unspecified atom stereocenters. The maximum Gasteiger partial charge on any atom is 0.316 e. The molecule has 37 heavy (non-hydrogen) atoms. The third-order valence-corrected chi connectivity index (χ3v) is 5.26. The van der Waals surface area contributed by atoms with Gasteiger partial charge in [-0.2, -0.15) is 0 Å². The van der Waals surface area contributed by atoms with Crippen molar-refractivity contribution in [3.63, 3.8) is 0 Å². The molecule has 198 valence electrons. The van der Waals surface area contributed by atoms with Crippen LogP contribution in [-0.4, -0.2) is 24.3 Å². The van der Waals surface area contributed by atoms with Crippen molar-refractivity contribution >= 4 is 23.8 Å². The summed E-state index contributed by atoms with van der Waals surface area (Å²) in [6.45, 7) is 14.9. The molecule has 0 heterocycles. The third-order valence-electron chi connectivity index (χ3n) is 5.26. The summed E-state index contributed by atoms with van der Waals surface area (Å²) in [5.41, 5.74) is 0.670. The second-order valence-corrected chi connectivity index (χ2v) is 10.7. The highest BCUT2D eigenvalue weighted by Gasteiger charge is 2.25. The predicted octanol–water partition coefficient (Wildman–Crippen LogP) is 7.00. The minimum Gasteiger partial charge on any atom is -0.493 e. The van der Waals surface area contributed by atoms with Gasteiger partial charge in [0, 0.05) is 17.2 Å². The van der Waals surface area contributed by atoms with Crippen LogP contribution in [0.15, 0.2) is 54.6 Å². The van der Waals surface area contributed by atoms with E-state index in [0.29, 0.717) is 41.4 Å². The molecule has 0 aliphatic heterocycles. The third kappa shape index (κ3) is 8.74. The number of ether oxygens (including phenoxy) is 3. The fourth-order valence-corrected chi connectivity index (χ4v) is 3.00. The molecule has 6 heteroatoms. The number of esters is 2. The Hall–Kier alpha value is -3.67. The Kier molecular flexibility index (Phi) is 10.0. The summed E-state index contributed by atoms with van der Waals surface area (Å²) in [5, 5.41) is 0. The number of carbonyl (C=O) groups is 3. The van der Waals surface area contributed by atoms with E-state index < -0.39 is 10.8 Å². The van der Waals surface area contributed by atoms with Crippen molar-refractivity contribution in [2.24, 2.45) is 10.8 Å². The first-order chi connectivity index (χ1) is 17.3. The van der Waals surface area contributed by atoms with Crippen LogP contribution in [0.25, 0.3) is 6.08 Å². The van der Waals surface area contributed by atoms with Crippen molar-refractivity contribution in [1.82, 2.24) is 0 Å². The van der Waals surface area contributed by atoms with Gasteiger partial charge in [-0.15, -0.1) is 0 Å². The van der Waals surface area contributed by atoms with Crippen molar-refractivity contribution in [1.29, 1.82) is 0 Å². The van der Waals surface area contributed by atoms with Gasteiger partial charge in [-0.1, -0.05) is 12.2 Å². The molecule has 0 aromatic heterocycles. The summed E-state index contributed by atoms with van der Waals surface area (Å²) in [6, 6.07) is 10.0. The van der Waals surface area contributed by atoms with Crippen LogP contribution in [0.1, 0.15) is 76.9 Å². The lowest BCUT2D eigenvalue weighted by Crippen LogP contribution is -2.26. The van der Waals surface area contributed by atoms with Gasteiger partial charge in [-0.25, -0.2) is 0 Å². The lowest BCUT2D eigenvalue weighted by Gasteiger charge is -2.19. The zero-order chi connectivity index (χ0) is 27.8. The maximum absolute atomic E-state index is 12.8. The molecule has 6 nitrogen and oxygen atoms in total. The molecule has 0 aliphatic rings. The first-order valence-corrected chi connectivity index (χ1v) is 12.4. The summed E-state index contributed by atoms with van der Waals surface area (Å²) in [5.74, 6) is 0.428. The molecular formula is C31H38O6. The molecule has 0 radical (unpaired) electrons. The van der Waals surface area contributed by atoms with Gasteiger partial charge >= 0.3 is 11.9 Å². The first-order valence-electron chi connectivity index (χ1n) is 12.4. The van der Waals surface area contributed by atoms with E-state index >= 15 is 0 Å². The van der Waals surface area contributed by atoms with Gasteiger partial charge in [0.05, 0.1) is 17.4 Å². The number of allylic oxidation sites excluding steroid dienone is 3. The van der Waals surface area contributed by atoms with Gasteiger partial charge in [-0.3, -0.25) is 14.4 Å². The van der Waals surface area contributed by atoms with Crippen molar-refractivity contribution in [3.05, 3.63) is 71.3 Å². The SMILES string of the molecule is CC=CCc1cc(C=CC(=O)c2ccc(OC(=O)C(C)(C)C)cc2)c(OCC)cc1OC(=O)C(C)(C)C. The van der Waals surface area contributed by atoms with Crippen LogP contribution in [0.2, 0.25) is 0 Å². The van der Waals surface area contributed by atoms with E-state index in [1.165, 1.54) is 6.08 Å². The summed E-state index contributed by atoms with van der Waals surface area (Å²) in [7, 11) is 0. The highest BCUT2D eigenvalue weighted by molar-refractivity contribution is 6.07. The molecule has 2 rings (SSSR count). The molecule has 0 fully saturated rings. The Bertz CT molecular complexity index is 1170. The van der Waals surface area contributed by atoms with Crippen molar-refractivity contribution in [2.75, 3.05) is 6.61 Å². The molecule has 0 amide bonds. The number of hydrogen-bond acceptors (Lipinski definition) is 6. The summed E-state index contributed by atoms with van der Waals surface area (Å²) >= 11 is 0. The number of benzene rings is 2. The highest BCUT2D eigenvalue weighted by Crippen LogP contribution is 2.33. The van der Waals surface area contributed by atoms with E-state index in [2.05, 4.69) is 0 Å². The molecule has 0 aliphatic carbocycles. The highest BCUT2D eigenvalue weighted by atomic mass is 16.5. The molecule has 2 aromatic rings. The fourth-order valence-electron chi connectivity index (χ4n) is 3.00. The van der Waals surface area contributed by atoms with Gasteiger partial charge in [0.1, 0.15) is 17.2 Å². The topological polar surface area (TPSA) is 78.9 Å². The largest absolute Gasteiger partial charge is 0.493 e. The van der Waals surface area contributed by atoms with Crippen LogP contribution in [0, 0.1) is 10.8 Å². The quantitative estimate of drug-likeness (QED) is 0.120.